The minimum absolute atomic E-state index is 0.140. The zero-order valence-electron chi connectivity index (χ0n) is 14.2. The average Bonchev–Trinajstić information content (AvgIpc) is 3.08. The van der Waals surface area contributed by atoms with Crippen LogP contribution in [0, 0.1) is 0 Å². The van der Waals surface area contributed by atoms with Gasteiger partial charge in [-0.3, -0.25) is 4.79 Å². The standard InChI is InChI=1S/C19H25N3OS/c1-22-12-6-5-9-16(22)10-11-18(23)20-13-17-19(21-14-24-17)15-7-3-2-4-8-15/h2-4,7-8,14,16H,5-6,9-13H2,1H3,(H,20,23)/t16-/m1/s1. The lowest BCUT2D eigenvalue weighted by Crippen LogP contribution is -2.37. The second kappa shape index (κ2) is 8.40. The molecule has 1 aliphatic heterocycles. The molecule has 0 unspecified atom stereocenters. The summed E-state index contributed by atoms with van der Waals surface area (Å²) < 4.78 is 0. The van der Waals surface area contributed by atoms with Gasteiger partial charge in [0.05, 0.1) is 22.6 Å². The summed E-state index contributed by atoms with van der Waals surface area (Å²) in [5, 5.41) is 3.06. The summed E-state index contributed by atoms with van der Waals surface area (Å²) in [6, 6.07) is 10.7. The molecule has 1 saturated heterocycles. The molecular weight excluding hydrogens is 318 g/mol. The molecule has 1 aromatic heterocycles. The van der Waals surface area contributed by atoms with E-state index in [9.17, 15) is 4.79 Å². The summed E-state index contributed by atoms with van der Waals surface area (Å²) in [7, 11) is 2.17. The predicted octanol–water partition coefficient (Wildman–Crippen LogP) is 3.69. The van der Waals surface area contributed by atoms with Crippen molar-refractivity contribution in [2.24, 2.45) is 0 Å². The molecule has 0 aliphatic carbocycles. The zero-order chi connectivity index (χ0) is 16.8. The first-order valence-electron chi connectivity index (χ1n) is 8.69. The van der Waals surface area contributed by atoms with E-state index >= 15 is 0 Å². The van der Waals surface area contributed by atoms with E-state index in [2.05, 4.69) is 34.4 Å². The highest BCUT2D eigenvalue weighted by molar-refractivity contribution is 7.10. The Bertz CT molecular complexity index is 656. The molecule has 0 spiro atoms. The van der Waals surface area contributed by atoms with Crippen LogP contribution in [0.2, 0.25) is 0 Å². The minimum atomic E-state index is 0.140. The van der Waals surface area contributed by atoms with E-state index in [0.29, 0.717) is 19.0 Å². The van der Waals surface area contributed by atoms with Crippen LogP contribution in [0.4, 0.5) is 0 Å². The van der Waals surface area contributed by atoms with Gasteiger partial charge in [0, 0.05) is 18.0 Å². The number of nitrogens with zero attached hydrogens (tertiary/aromatic N) is 2. The molecule has 128 valence electrons. The van der Waals surface area contributed by atoms with Gasteiger partial charge in [-0.2, -0.15) is 0 Å². The largest absolute Gasteiger partial charge is 0.351 e. The molecule has 1 N–H and O–H groups in total. The highest BCUT2D eigenvalue weighted by Gasteiger charge is 2.19. The third-order valence-corrected chi connectivity index (χ3v) is 5.59. The first-order valence-corrected chi connectivity index (χ1v) is 9.56. The van der Waals surface area contributed by atoms with Crippen LogP contribution in [0.5, 0.6) is 0 Å². The maximum absolute atomic E-state index is 12.2. The first-order chi connectivity index (χ1) is 11.7. The fourth-order valence-corrected chi connectivity index (χ4v) is 4.02. The summed E-state index contributed by atoms with van der Waals surface area (Å²) >= 11 is 1.60. The SMILES string of the molecule is CN1CCCC[C@@H]1CCC(=O)NCc1scnc1-c1ccccc1. The number of aromatic nitrogens is 1. The summed E-state index contributed by atoms with van der Waals surface area (Å²) in [4.78, 5) is 20.2. The second-order valence-electron chi connectivity index (χ2n) is 6.44. The van der Waals surface area contributed by atoms with Crippen molar-refractivity contribution in [2.45, 2.75) is 44.7 Å². The number of hydrogen-bond donors (Lipinski definition) is 1. The maximum Gasteiger partial charge on any atom is 0.220 e. The number of thiazole rings is 1. The Morgan fingerprint density at radius 3 is 2.96 bits per heavy atom. The molecule has 5 heteroatoms. The van der Waals surface area contributed by atoms with E-state index in [1.807, 2.05) is 23.7 Å². The molecule has 1 fully saturated rings. The third kappa shape index (κ3) is 4.42. The molecular formula is C19H25N3OS. The molecule has 1 aliphatic rings. The topological polar surface area (TPSA) is 45.2 Å². The Kier molecular flexibility index (Phi) is 5.99. The van der Waals surface area contributed by atoms with Gasteiger partial charge in [-0.25, -0.2) is 4.98 Å². The summed E-state index contributed by atoms with van der Waals surface area (Å²) in [5.41, 5.74) is 3.93. The van der Waals surface area contributed by atoms with Crippen molar-refractivity contribution in [1.82, 2.24) is 15.2 Å². The summed E-state index contributed by atoms with van der Waals surface area (Å²) in [6.07, 6.45) is 5.35. The number of piperidine rings is 1. The lowest BCUT2D eigenvalue weighted by Gasteiger charge is -2.32. The van der Waals surface area contributed by atoms with Gasteiger partial charge >= 0.3 is 0 Å². The average molecular weight is 343 g/mol. The molecule has 2 aromatic rings. The lowest BCUT2D eigenvalue weighted by atomic mass is 9.98. The van der Waals surface area contributed by atoms with Crippen molar-refractivity contribution in [3.8, 4) is 11.3 Å². The first kappa shape index (κ1) is 17.1. The Labute approximate surface area is 147 Å². The zero-order valence-corrected chi connectivity index (χ0v) is 15.0. The summed E-state index contributed by atoms with van der Waals surface area (Å²) in [6.45, 7) is 1.72. The molecule has 0 radical (unpaired) electrons. The number of rotatable bonds is 6. The van der Waals surface area contributed by atoms with E-state index in [1.54, 1.807) is 11.3 Å². The molecule has 0 saturated carbocycles. The van der Waals surface area contributed by atoms with Crippen LogP contribution < -0.4 is 5.32 Å². The monoisotopic (exact) mass is 343 g/mol. The normalized spacial score (nSPS) is 18.5. The van der Waals surface area contributed by atoms with Crippen molar-refractivity contribution in [1.29, 1.82) is 0 Å². The van der Waals surface area contributed by atoms with Gasteiger partial charge in [-0.05, 0) is 32.9 Å². The molecule has 1 aromatic carbocycles. The van der Waals surface area contributed by atoms with Crippen LogP contribution in [-0.4, -0.2) is 35.4 Å². The van der Waals surface area contributed by atoms with E-state index in [0.717, 1.165) is 29.1 Å². The van der Waals surface area contributed by atoms with Gasteiger partial charge in [-0.15, -0.1) is 11.3 Å². The third-order valence-electron chi connectivity index (χ3n) is 4.76. The smallest absolute Gasteiger partial charge is 0.220 e. The molecule has 2 heterocycles. The van der Waals surface area contributed by atoms with Gasteiger partial charge in [0.15, 0.2) is 0 Å². The Balaban J connectivity index is 1.49. The highest BCUT2D eigenvalue weighted by atomic mass is 32.1. The van der Waals surface area contributed by atoms with Gasteiger partial charge < -0.3 is 10.2 Å². The number of carbonyl (C=O) groups excluding carboxylic acids is 1. The number of likely N-dealkylation sites (tertiary alicyclic amines) is 1. The fourth-order valence-electron chi connectivity index (χ4n) is 3.30. The molecule has 4 nitrogen and oxygen atoms in total. The van der Waals surface area contributed by atoms with Crippen molar-refractivity contribution in [2.75, 3.05) is 13.6 Å². The van der Waals surface area contributed by atoms with Crippen LogP contribution in [0.25, 0.3) is 11.3 Å². The fraction of sp³-hybridized carbons (Fsp3) is 0.474. The van der Waals surface area contributed by atoms with Crippen LogP contribution in [-0.2, 0) is 11.3 Å². The maximum atomic E-state index is 12.2. The number of benzene rings is 1. The number of nitrogens with one attached hydrogen (secondary N) is 1. The van der Waals surface area contributed by atoms with Gasteiger partial charge in [0.2, 0.25) is 5.91 Å². The van der Waals surface area contributed by atoms with Crippen molar-refractivity contribution in [3.63, 3.8) is 0 Å². The van der Waals surface area contributed by atoms with Crippen molar-refractivity contribution < 1.29 is 4.79 Å². The number of carbonyl (C=O) groups is 1. The molecule has 0 bridgehead atoms. The lowest BCUT2D eigenvalue weighted by molar-refractivity contribution is -0.121. The van der Waals surface area contributed by atoms with Crippen LogP contribution >= 0.6 is 11.3 Å². The minimum Gasteiger partial charge on any atom is -0.351 e. The van der Waals surface area contributed by atoms with Crippen LogP contribution in [0.1, 0.15) is 37.0 Å². The van der Waals surface area contributed by atoms with Gasteiger partial charge in [0.1, 0.15) is 0 Å². The molecule has 1 atom stereocenters. The highest BCUT2D eigenvalue weighted by Crippen LogP contribution is 2.25. The van der Waals surface area contributed by atoms with E-state index in [1.165, 1.54) is 19.3 Å². The molecule has 3 rings (SSSR count). The molecule has 24 heavy (non-hydrogen) atoms. The Morgan fingerprint density at radius 1 is 1.33 bits per heavy atom. The van der Waals surface area contributed by atoms with Crippen LogP contribution in [0.15, 0.2) is 35.8 Å². The van der Waals surface area contributed by atoms with E-state index in [-0.39, 0.29) is 5.91 Å². The van der Waals surface area contributed by atoms with Crippen molar-refractivity contribution >= 4 is 17.2 Å². The number of hydrogen-bond acceptors (Lipinski definition) is 4. The van der Waals surface area contributed by atoms with Crippen molar-refractivity contribution in [3.05, 3.63) is 40.7 Å². The molecule has 1 amide bonds. The summed E-state index contributed by atoms with van der Waals surface area (Å²) in [5.74, 6) is 0.140. The Hall–Kier alpha value is -1.72. The number of amides is 1. The van der Waals surface area contributed by atoms with Gasteiger partial charge in [0.25, 0.3) is 0 Å². The van der Waals surface area contributed by atoms with Gasteiger partial charge in [-0.1, -0.05) is 36.8 Å². The predicted molar refractivity (Wildman–Crippen MR) is 98.9 cm³/mol. The Morgan fingerprint density at radius 2 is 2.17 bits per heavy atom. The van der Waals surface area contributed by atoms with E-state index < -0.39 is 0 Å². The second-order valence-corrected chi connectivity index (χ2v) is 7.38. The quantitative estimate of drug-likeness (QED) is 0.870. The van der Waals surface area contributed by atoms with E-state index in [4.69, 9.17) is 0 Å². The van der Waals surface area contributed by atoms with Crippen LogP contribution in [0.3, 0.4) is 0 Å².